The van der Waals surface area contributed by atoms with Gasteiger partial charge in [-0.25, -0.2) is 9.78 Å². The molecule has 0 radical (unpaired) electrons. The van der Waals surface area contributed by atoms with Crippen molar-refractivity contribution < 1.29 is 14.3 Å². The molecule has 0 saturated heterocycles. The topological polar surface area (TPSA) is 113 Å². The molecule has 7 heteroatoms. The Morgan fingerprint density at radius 3 is 2.36 bits per heavy atom. The lowest BCUT2D eigenvalue weighted by atomic mass is 9.84. The molecule has 1 unspecified atom stereocenters. The molecule has 1 saturated carbocycles. The molecule has 174 valence electrons. The number of hydrogen-bond acceptors (Lipinski definition) is 5. The fourth-order valence-electron chi connectivity index (χ4n) is 4.73. The average Bonchev–Trinajstić information content (AvgIpc) is 3.17. The highest BCUT2D eigenvalue weighted by Crippen LogP contribution is 2.36. The van der Waals surface area contributed by atoms with E-state index in [0.717, 1.165) is 35.9 Å². The van der Waals surface area contributed by atoms with Crippen molar-refractivity contribution in [3.63, 3.8) is 0 Å². The smallest absolute Gasteiger partial charge is 0.330 e. The van der Waals surface area contributed by atoms with Gasteiger partial charge in [-0.2, -0.15) is 0 Å². The summed E-state index contributed by atoms with van der Waals surface area (Å²) in [5, 5.41) is 0. The maximum atomic E-state index is 13.7. The number of carbonyl (C=O) groups excluding carboxylic acids is 2. The monoisotopic (exact) mass is 448 g/mol. The summed E-state index contributed by atoms with van der Waals surface area (Å²) < 4.78 is 7.95. The van der Waals surface area contributed by atoms with Gasteiger partial charge in [0.05, 0.1) is 11.0 Å². The van der Waals surface area contributed by atoms with E-state index < -0.39 is 23.5 Å². The van der Waals surface area contributed by atoms with Crippen molar-refractivity contribution in [2.45, 2.75) is 64.0 Å². The molecule has 1 aliphatic rings. The highest BCUT2D eigenvalue weighted by atomic mass is 16.6. The second-order valence-electron chi connectivity index (χ2n) is 9.40. The molecular weight excluding hydrogens is 416 g/mol. The number of nitrogen functional groups attached to an aromatic ring is 1. The average molecular weight is 449 g/mol. The number of primary amides is 1. The molecule has 1 fully saturated rings. The van der Waals surface area contributed by atoms with E-state index >= 15 is 0 Å². The second kappa shape index (κ2) is 9.25. The molecule has 2 aromatic carbocycles. The van der Waals surface area contributed by atoms with Crippen LogP contribution in [-0.4, -0.2) is 27.0 Å². The van der Waals surface area contributed by atoms with Crippen molar-refractivity contribution in [1.82, 2.24) is 9.55 Å². The number of hydrogen-bond donors (Lipinski definition) is 2. The zero-order chi connectivity index (χ0) is 23.6. The van der Waals surface area contributed by atoms with Crippen molar-refractivity contribution in [3.8, 4) is 11.4 Å². The lowest BCUT2D eigenvalue weighted by Gasteiger charge is -2.35. The van der Waals surface area contributed by atoms with Crippen LogP contribution in [0.25, 0.3) is 22.4 Å². The maximum absolute atomic E-state index is 13.7. The summed E-state index contributed by atoms with van der Waals surface area (Å²) >= 11 is 0. The molecule has 33 heavy (non-hydrogen) atoms. The van der Waals surface area contributed by atoms with E-state index in [2.05, 4.69) is 13.8 Å². The van der Waals surface area contributed by atoms with Crippen molar-refractivity contribution in [2.75, 3.05) is 5.73 Å². The first-order chi connectivity index (χ1) is 15.8. The first kappa shape index (κ1) is 22.8. The van der Waals surface area contributed by atoms with Gasteiger partial charge in [0.25, 0.3) is 5.91 Å². The van der Waals surface area contributed by atoms with E-state index in [1.165, 1.54) is 0 Å². The normalized spacial score (nSPS) is 16.6. The summed E-state index contributed by atoms with van der Waals surface area (Å²) in [6.45, 7) is 4.12. The first-order valence-corrected chi connectivity index (χ1v) is 11.7. The Labute approximate surface area is 194 Å². The third-order valence-electron chi connectivity index (χ3n) is 6.45. The summed E-state index contributed by atoms with van der Waals surface area (Å²) in [5.74, 6) is -0.133. The number of anilines is 1. The third kappa shape index (κ3) is 4.58. The van der Waals surface area contributed by atoms with Gasteiger partial charge in [-0.1, -0.05) is 32.4 Å². The number of imidazole rings is 1. The fourth-order valence-corrected chi connectivity index (χ4v) is 4.73. The molecule has 1 amide bonds. The number of fused-ring (bicyclic) bond motifs is 1. The number of para-hydroxylation sites is 2. The number of nitrogens with two attached hydrogens (primary N) is 2. The van der Waals surface area contributed by atoms with Gasteiger partial charge in [0.1, 0.15) is 11.9 Å². The molecule has 1 aliphatic carbocycles. The Kier molecular flexibility index (Phi) is 6.40. The third-order valence-corrected chi connectivity index (χ3v) is 6.45. The molecule has 1 atom stereocenters. The van der Waals surface area contributed by atoms with Gasteiger partial charge in [0.2, 0.25) is 0 Å². The second-order valence-corrected chi connectivity index (χ2v) is 9.40. The standard InChI is InChI=1S/C26H32N4O3/c1-17(2)16-22(24(31)33-26(25(28)32)14-6-3-7-15-26)30-21-9-5-4-8-20(21)29-23(30)18-10-12-19(27)13-11-18/h4-5,8-13,17,22H,3,6-7,14-16,27H2,1-2H3,(H2,28,32). The molecular formula is C26H32N4O3. The Morgan fingerprint density at radius 1 is 1.06 bits per heavy atom. The summed E-state index contributed by atoms with van der Waals surface area (Å²) in [6.07, 6.45) is 4.12. The number of esters is 1. The Morgan fingerprint density at radius 2 is 1.73 bits per heavy atom. The zero-order valence-electron chi connectivity index (χ0n) is 19.3. The van der Waals surface area contributed by atoms with Gasteiger partial charge < -0.3 is 20.8 Å². The van der Waals surface area contributed by atoms with Crippen LogP contribution in [0, 0.1) is 5.92 Å². The minimum absolute atomic E-state index is 0.207. The quantitative estimate of drug-likeness (QED) is 0.405. The zero-order valence-corrected chi connectivity index (χ0v) is 19.3. The number of ether oxygens (including phenoxy) is 1. The van der Waals surface area contributed by atoms with Crippen LogP contribution in [-0.2, 0) is 14.3 Å². The Hall–Kier alpha value is -3.35. The Bertz CT molecular complexity index is 1140. The highest BCUT2D eigenvalue weighted by Gasteiger charge is 2.43. The molecule has 3 aromatic rings. The van der Waals surface area contributed by atoms with Crippen molar-refractivity contribution in [1.29, 1.82) is 0 Å². The van der Waals surface area contributed by atoms with E-state index in [1.54, 1.807) is 0 Å². The maximum Gasteiger partial charge on any atom is 0.330 e. The predicted molar refractivity (Wildman–Crippen MR) is 129 cm³/mol. The summed E-state index contributed by atoms with van der Waals surface area (Å²) in [6, 6.07) is 14.5. The van der Waals surface area contributed by atoms with Gasteiger partial charge in [0.15, 0.2) is 5.60 Å². The highest BCUT2D eigenvalue weighted by molar-refractivity contribution is 5.89. The molecule has 0 spiro atoms. The van der Waals surface area contributed by atoms with Crippen LogP contribution >= 0.6 is 0 Å². The molecule has 4 rings (SSSR count). The number of amides is 1. The minimum Gasteiger partial charge on any atom is -0.447 e. The summed E-state index contributed by atoms with van der Waals surface area (Å²) in [5.41, 5.74) is 13.5. The number of aromatic nitrogens is 2. The first-order valence-electron chi connectivity index (χ1n) is 11.7. The van der Waals surface area contributed by atoms with Gasteiger partial charge in [0, 0.05) is 11.3 Å². The van der Waals surface area contributed by atoms with Gasteiger partial charge in [-0.15, -0.1) is 0 Å². The van der Waals surface area contributed by atoms with Crippen LogP contribution in [0.2, 0.25) is 0 Å². The van der Waals surface area contributed by atoms with E-state index in [-0.39, 0.29) is 5.92 Å². The summed E-state index contributed by atoms with van der Waals surface area (Å²) in [7, 11) is 0. The van der Waals surface area contributed by atoms with E-state index in [9.17, 15) is 9.59 Å². The van der Waals surface area contributed by atoms with Crippen molar-refractivity contribution >= 4 is 28.6 Å². The minimum atomic E-state index is -1.23. The SMILES string of the molecule is CC(C)CC(C(=O)OC1(C(N)=O)CCCCC1)n1c(-c2ccc(N)cc2)nc2ccccc21. The van der Waals surface area contributed by atoms with Crippen molar-refractivity contribution in [2.24, 2.45) is 11.7 Å². The Balaban J connectivity index is 1.82. The largest absolute Gasteiger partial charge is 0.447 e. The van der Waals surface area contributed by atoms with Crippen LogP contribution in [0.5, 0.6) is 0 Å². The molecule has 7 nitrogen and oxygen atoms in total. The molecule has 1 aromatic heterocycles. The predicted octanol–water partition coefficient (Wildman–Crippen LogP) is 4.60. The number of carbonyl (C=O) groups is 2. The summed E-state index contributed by atoms with van der Waals surface area (Å²) in [4.78, 5) is 31.0. The van der Waals surface area contributed by atoms with Crippen LogP contribution in [0.4, 0.5) is 5.69 Å². The molecule has 4 N–H and O–H groups in total. The molecule has 0 bridgehead atoms. The lowest BCUT2D eigenvalue weighted by Crippen LogP contribution is -2.50. The van der Waals surface area contributed by atoms with E-state index in [4.69, 9.17) is 21.2 Å². The van der Waals surface area contributed by atoms with Crippen molar-refractivity contribution in [3.05, 3.63) is 48.5 Å². The number of benzene rings is 2. The molecule has 1 heterocycles. The lowest BCUT2D eigenvalue weighted by molar-refractivity contribution is -0.174. The van der Waals surface area contributed by atoms with Gasteiger partial charge >= 0.3 is 5.97 Å². The van der Waals surface area contributed by atoms with Gasteiger partial charge in [-0.3, -0.25) is 4.79 Å². The number of rotatable bonds is 7. The molecule has 0 aliphatic heterocycles. The van der Waals surface area contributed by atoms with E-state index in [0.29, 0.717) is 30.8 Å². The fraction of sp³-hybridized carbons (Fsp3) is 0.423. The van der Waals surface area contributed by atoms with E-state index in [1.807, 2.05) is 53.1 Å². The van der Waals surface area contributed by atoms with Gasteiger partial charge in [-0.05, 0) is 74.4 Å². The number of nitrogens with zero attached hydrogens (tertiary/aromatic N) is 2. The van der Waals surface area contributed by atoms with Crippen LogP contribution in [0.15, 0.2) is 48.5 Å². The van der Waals surface area contributed by atoms with Crippen LogP contribution in [0.3, 0.4) is 0 Å². The van der Waals surface area contributed by atoms with Crippen LogP contribution in [0.1, 0.15) is 58.4 Å². The van der Waals surface area contributed by atoms with Crippen LogP contribution < -0.4 is 11.5 Å².